The number of fused-ring (bicyclic) bond motifs is 1. The van der Waals surface area contributed by atoms with E-state index in [0.717, 1.165) is 23.5 Å². The average Bonchev–Trinajstić information content (AvgIpc) is 3.22. The maximum absolute atomic E-state index is 6.13. The second kappa shape index (κ2) is 9.64. The van der Waals surface area contributed by atoms with E-state index in [2.05, 4.69) is 53.2 Å². The van der Waals surface area contributed by atoms with Gasteiger partial charge in [-0.2, -0.15) is 0 Å². The van der Waals surface area contributed by atoms with Gasteiger partial charge in [0.2, 0.25) is 0 Å². The molecular weight excluding hydrogens is 360 g/mol. The summed E-state index contributed by atoms with van der Waals surface area (Å²) in [6, 6.07) is 13.1. The first-order valence-electron chi connectivity index (χ1n) is 11.0. The van der Waals surface area contributed by atoms with Crippen LogP contribution < -0.4 is 9.47 Å². The minimum atomic E-state index is 0.550. The van der Waals surface area contributed by atoms with Crippen molar-refractivity contribution < 1.29 is 9.47 Å². The van der Waals surface area contributed by atoms with Gasteiger partial charge in [-0.05, 0) is 86.7 Å². The number of rotatable bonds is 8. The van der Waals surface area contributed by atoms with E-state index in [9.17, 15) is 0 Å². The van der Waals surface area contributed by atoms with E-state index in [1.54, 1.807) is 7.11 Å². The number of likely N-dealkylation sites (N-methyl/N-ethyl adjacent to an activating group) is 1. The van der Waals surface area contributed by atoms with Crippen LogP contribution in [0.25, 0.3) is 0 Å². The number of hydrogen-bond donors (Lipinski definition) is 0. The summed E-state index contributed by atoms with van der Waals surface area (Å²) in [5.41, 5.74) is 5.43. The van der Waals surface area contributed by atoms with Crippen LogP contribution in [0.4, 0.5) is 0 Å². The summed E-state index contributed by atoms with van der Waals surface area (Å²) in [7, 11) is 3.95. The third-order valence-corrected chi connectivity index (χ3v) is 6.34. The predicted octanol–water partition coefficient (Wildman–Crippen LogP) is 3.94. The van der Waals surface area contributed by atoms with Crippen LogP contribution in [0, 0.1) is 0 Å². The third kappa shape index (κ3) is 5.31. The van der Waals surface area contributed by atoms with Crippen molar-refractivity contribution >= 4 is 0 Å². The molecule has 0 spiro atoms. The molecule has 2 aliphatic rings. The summed E-state index contributed by atoms with van der Waals surface area (Å²) in [5, 5.41) is 0. The molecule has 2 aromatic rings. The summed E-state index contributed by atoms with van der Waals surface area (Å²) in [5.74, 6) is 1.88. The Kier molecular flexibility index (Phi) is 6.73. The van der Waals surface area contributed by atoms with E-state index in [1.807, 2.05) is 0 Å². The molecule has 0 saturated carbocycles. The van der Waals surface area contributed by atoms with Gasteiger partial charge in [-0.3, -0.25) is 0 Å². The zero-order chi connectivity index (χ0) is 20.1. The van der Waals surface area contributed by atoms with Gasteiger partial charge >= 0.3 is 0 Å². The highest BCUT2D eigenvalue weighted by atomic mass is 16.5. The van der Waals surface area contributed by atoms with Crippen molar-refractivity contribution in [3.05, 3.63) is 58.7 Å². The Balaban J connectivity index is 1.32. The maximum Gasteiger partial charge on any atom is 0.125 e. The largest absolute Gasteiger partial charge is 0.496 e. The van der Waals surface area contributed by atoms with Crippen LogP contribution in [-0.4, -0.2) is 56.7 Å². The first-order chi connectivity index (χ1) is 14.2. The molecule has 4 heteroatoms. The number of nitrogens with zero attached hydrogens (tertiary/aromatic N) is 2. The molecule has 4 nitrogen and oxygen atoms in total. The highest BCUT2D eigenvalue weighted by molar-refractivity contribution is 5.40. The minimum Gasteiger partial charge on any atom is -0.496 e. The Hall–Kier alpha value is -2.04. The van der Waals surface area contributed by atoms with Crippen molar-refractivity contribution in [3.63, 3.8) is 0 Å². The van der Waals surface area contributed by atoms with E-state index in [-0.39, 0.29) is 0 Å². The molecule has 1 saturated heterocycles. The van der Waals surface area contributed by atoms with Crippen LogP contribution in [0.2, 0.25) is 0 Å². The summed E-state index contributed by atoms with van der Waals surface area (Å²) in [6.07, 6.45) is 5.95. The van der Waals surface area contributed by atoms with Crippen molar-refractivity contribution in [3.8, 4) is 11.5 Å². The maximum atomic E-state index is 6.13. The Morgan fingerprint density at radius 2 is 1.76 bits per heavy atom. The van der Waals surface area contributed by atoms with Crippen molar-refractivity contribution in [1.82, 2.24) is 9.80 Å². The molecule has 0 amide bonds. The number of piperazine rings is 1. The van der Waals surface area contributed by atoms with Gasteiger partial charge in [-0.1, -0.05) is 12.1 Å². The highest BCUT2D eigenvalue weighted by Crippen LogP contribution is 2.28. The first kappa shape index (κ1) is 20.2. The van der Waals surface area contributed by atoms with Crippen LogP contribution in [0.5, 0.6) is 11.5 Å². The fourth-order valence-electron chi connectivity index (χ4n) is 4.48. The normalized spacial score (nSPS) is 17.3. The van der Waals surface area contributed by atoms with Crippen LogP contribution in [0.1, 0.15) is 35.1 Å². The van der Waals surface area contributed by atoms with Gasteiger partial charge in [0.25, 0.3) is 0 Å². The summed E-state index contributed by atoms with van der Waals surface area (Å²) in [6.45, 7) is 6.49. The summed E-state index contributed by atoms with van der Waals surface area (Å²) < 4.78 is 11.7. The molecule has 2 aromatic carbocycles. The van der Waals surface area contributed by atoms with Crippen molar-refractivity contribution in [2.75, 3.05) is 46.9 Å². The number of ether oxygens (including phenoxy) is 2. The van der Waals surface area contributed by atoms with Crippen LogP contribution in [-0.2, 0) is 25.9 Å². The van der Waals surface area contributed by atoms with E-state index >= 15 is 0 Å². The molecule has 0 radical (unpaired) electrons. The standard InChI is InChI=1S/C25H34N2O2/c1-26-13-15-27(16-14-26)12-4-5-20-8-11-25(28-2)23(17-20)19-29-24-10-9-21-6-3-7-22(21)18-24/h8-11,17-18H,3-7,12-16,19H2,1-2H3. The van der Waals surface area contributed by atoms with E-state index in [0.29, 0.717) is 6.61 Å². The van der Waals surface area contributed by atoms with Gasteiger partial charge in [0, 0.05) is 31.7 Å². The number of methoxy groups -OCH3 is 1. The van der Waals surface area contributed by atoms with Gasteiger partial charge in [-0.15, -0.1) is 0 Å². The van der Waals surface area contributed by atoms with Gasteiger partial charge in [0.05, 0.1) is 7.11 Å². The smallest absolute Gasteiger partial charge is 0.125 e. The number of aryl methyl sites for hydroxylation is 3. The molecular formula is C25H34N2O2. The lowest BCUT2D eigenvalue weighted by atomic mass is 10.1. The fraction of sp³-hybridized carbons (Fsp3) is 0.520. The zero-order valence-electron chi connectivity index (χ0n) is 18.0. The highest BCUT2D eigenvalue weighted by Gasteiger charge is 2.14. The molecule has 0 unspecified atom stereocenters. The quantitative estimate of drug-likeness (QED) is 0.677. The molecule has 4 rings (SSSR count). The van der Waals surface area contributed by atoms with Crippen molar-refractivity contribution in [2.24, 2.45) is 0 Å². The molecule has 0 N–H and O–H groups in total. The zero-order valence-corrected chi connectivity index (χ0v) is 18.0. The average molecular weight is 395 g/mol. The van der Waals surface area contributed by atoms with Crippen molar-refractivity contribution in [2.45, 2.75) is 38.7 Å². The SMILES string of the molecule is COc1ccc(CCCN2CCN(C)CC2)cc1COc1ccc2c(c1)CCC2. The molecule has 1 fully saturated rings. The lowest BCUT2D eigenvalue weighted by molar-refractivity contribution is 0.153. The second-order valence-electron chi connectivity index (χ2n) is 8.47. The molecule has 0 bridgehead atoms. The fourth-order valence-corrected chi connectivity index (χ4v) is 4.48. The lowest BCUT2D eigenvalue weighted by Gasteiger charge is -2.32. The second-order valence-corrected chi connectivity index (χ2v) is 8.47. The molecule has 156 valence electrons. The monoisotopic (exact) mass is 394 g/mol. The van der Waals surface area contributed by atoms with E-state index in [4.69, 9.17) is 9.47 Å². The van der Waals surface area contributed by atoms with Crippen LogP contribution >= 0.6 is 0 Å². The molecule has 29 heavy (non-hydrogen) atoms. The first-order valence-corrected chi connectivity index (χ1v) is 11.0. The Bertz CT molecular complexity index is 812. The van der Waals surface area contributed by atoms with Gasteiger partial charge in [-0.25, -0.2) is 0 Å². The number of hydrogen-bond acceptors (Lipinski definition) is 4. The van der Waals surface area contributed by atoms with Gasteiger partial charge in [0.15, 0.2) is 0 Å². The summed E-state index contributed by atoms with van der Waals surface area (Å²) >= 11 is 0. The number of benzene rings is 2. The van der Waals surface area contributed by atoms with Crippen LogP contribution in [0.3, 0.4) is 0 Å². The predicted molar refractivity (Wildman–Crippen MR) is 118 cm³/mol. The Labute approximate surface area is 175 Å². The molecule has 0 aromatic heterocycles. The summed E-state index contributed by atoms with van der Waals surface area (Å²) in [4.78, 5) is 4.99. The van der Waals surface area contributed by atoms with Crippen LogP contribution in [0.15, 0.2) is 36.4 Å². The van der Waals surface area contributed by atoms with E-state index in [1.165, 1.54) is 75.1 Å². The van der Waals surface area contributed by atoms with Gasteiger partial charge < -0.3 is 19.3 Å². The molecule has 1 aliphatic carbocycles. The third-order valence-electron chi connectivity index (χ3n) is 6.34. The Morgan fingerprint density at radius 3 is 2.59 bits per heavy atom. The van der Waals surface area contributed by atoms with Crippen molar-refractivity contribution in [1.29, 1.82) is 0 Å². The molecule has 0 atom stereocenters. The lowest BCUT2D eigenvalue weighted by Crippen LogP contribution is -2.44. The minimum absolute atomic E-state index is 0.550. The topological polar surface area (TPSA) is 24.9 Å². The van der Waals surface area contributed by atoms with Gasteiger partial charge in [0.1, 0.15) is 18.1 Å². The molecule has 1 aliphatic heterocycles. The van der Waals surface area contributed by atoms with E-state index < -0.39 is 0 Å². The molecule has 1 heterocycles. The Morgan fingerprint density at radius 1 is 0.931 bits per heavy atom.